The molecule has 0 spiro atoms. The highest BCUT2D eigenvalue weighted by atomic mass is 16.3. The molecule has 1 heterocycles. The van der Waals surface area contributed by atoms with Crippen LogP contribution < -0.4 is 10.6 Å². The molecule has 1 fully saturated rings. The van der Waals surface area contributed by atoms with Gasteiger partial charge in [-0.05, 0) is 44.4 Å². The van der Waals surface area contributed by atoms with Crippen LogP contribution in [0.15, 0.2) is 18.2 Å². The highest BCUT2D eigenvalue weighted by Crippen LogP contribution is 2.20. The number of amides is 1. The molecule has 110 valence electrons. The van der Waals surface area contributed by atoms with Crippen molar-refractivity contribution in [2.75, 3.05) is 13.1 Å². The first-order chi connectivity index (χ1) is 9.61. The summed E-state index contributed by atoms with van der Waals surface area (Å²) >= 11 is 0. The Morgan fingerprint density at radius 3 is 3.05 bits per heavy atom. The molecular weight excluding hydrogens is 252 g/mol. The van der Waals surface area contributed by atoms with Crippen molar-refractivity contribution in [3.8, 4) is 5.75 Å². The van der Waals surface area contributed by atoms with Crippen LogP contribution in [0.5, 0.6) is 5.75 Å². The van der Waals surface area contributed by atoms with Crippen molar-refractivity contribution in [1.29, 1.82) is 0 Å². The fourth-order valence-corrected chi connectivity index (χ4v) is 2.88. The molecule has 0 bridgehead atoms. The van der Waals surface area contributed by atoms with Gasteiger partial charge >= 0.3 is 0 Å². The zero-order chi connectivity index (χ0) is 14.5. The maximum atomic E-state index is 12.2. The van der Waals surface area contributed by atoms with E-state index in [4.69, 9.17) is 0 Å². The van der Waals surface area contributed by atoms with Crippen molar-refractivity contribution in [2.24, 2.45) is 5.92 Å². The molecular formula is C16H24N2O2. The molecule has 4 heteroatoms. The van der Waals surface area contributed by atoms with Crippen molar-refractivity contribution in [2.45, 2.75) is 39.2 Å². The van der Waals surface area contributed by atoms with E-state index in [0.717, 1.165) is 18.5 Å². The topological polar surface area (TPSA) is 61.4 Å². The summed E-state index contributed by atoms with van der Waals surface area (Å²) in [4.78, 5) is 12.2. The standard InChI is InChI=1S/C16H24N2O2/c1-3-12-5-4-8-17-14(12)10-18-16(20)13-9-11(2)6-7-15(13)19/h6-7,9,12,14,17,19H,3-5,8,10H2,1-2H3,(H,18,20). The van der Waals surface area contributed by atoms with E-state index in [2.05, 4.69) is 17.6 Å². The molecule has 0 radical (unpaired) electrons. The van der Waals surface area contributed by atoms with Gasteiger partial charge in [0, 0.05) is 12.6 Å². The van der Waals surface area contributed by atoms with Gasteiger partial charge in [-0.15, -0.1) is 0 Å². The molecule has 20 heavy (non-hydrogen) atoms. The summed E-state index contributed by atoms with van der Waals surface area (Å²) in [5, 5.41) is 16.2. The first kappa shape index (κ1) is 14.9. The van der Waals surface area contributed by atoms with Crippen LogP contribution >= 0.6 is 0 Å². The maximum Gasteiger partial charge on any atom is 0.255 e. The van der Waals surface area contributed by atoms with Gasteiger partial charge in [0.15, 0.2) is 0 Å². The Labute approximate surface area is 120 Å². The number of carbonyl (C=O) groups is 1. The number of nitrogens with one attached hydrogen (secondary N) is 2. The summed E-state index contributed by atoms with van der Waals surface area (Å²) in [6.07, 6.45) is 3.56. The van der Waals surface area contributed by atoms with Crippen LogP contribution in [0, 0.1) is 12.8 Å². The lowest BCUT2D eigenvalue weighted by Crippen LogP contribution is -2.48. The SMILES string of the molecule is CCC1CCCNC1CNC(=O)c1cc(C)ccc1O. The van der Waals surface area contributed by atoms with E-state index >= 15 is 0 Å². The average Bonchev–Trinajstić information content (AvgIpc) is 2.47. The molecule has 1 aliphatic rings. The number of rotatable bonds is 4. The summed E-state index contributed by atoms with van der Waals surface area (Å²) < 4.78 is 0. The zero-order valence-electron chi connectivity index (χ0n) is 12.3. The Morgan fingerprint density at radius 1 is 1.50 bits per heavy atom. The molecule has 4 nitrogen and oxygen atoms in total. The van der Waals surface area contributed by atoms with Crippen LogP contribution in [0.25, 0.3) is 0 Å². The summed E-state index contributed by atoms with van der Waals surface area (Å²) in [5.74, 6) is 0.459. The Balaban J connectivity index is 1.96. The van der Waals surface area contributed by atoms with Crippen LogP contribution in [0.1, 0.15) is 42.1 Å². The van der Waals surface area contributed by atoms with Crippen LogP contribution in [-0.2, 0) is 0 Å². The molecule has 2 unspecified atom stereocenters. The highest BCUT2D eigenvalue weighted by molar-refractivity contribution is 5.97. The lowest BCUT2D eigenvalue weighted by molar-refractivity contribution is 0.0939. The average molecular weight is 276 g/mol. The van der Waals surface area contributed by atoms with Gasteiger partial charge in [0.2, 0.25) is 0 Å². The molecule has 0 aromatic heterocycles. The molecule has 1 amide bonds. The maximum absolute atomic E-state index is 12.2. The molecule has 0 aliphatic carbocycles. The smallest absolute Gasteiger partial charge is 0.255 e. The van der Waals surface area contributed by atoms with Crippen LogP contribution in [-0.4, -0.2) is 30.1 Å². The van der Waals surface area contributed by atoms with Crippen LogP contribution in [0.4, 0.5) is 0 Å². The Hall–Kier alpha value is -1.55. The van der Waals surface area contributed by atoms with Gasteiger partial charge in [0.25, 0.3) is 5.91 Å². The van der Waals surface area contributed by atoms with E-state index in [1.165, 1.54) is 12.8 Å². The molecule has 1 aromatic rings. The molecule has 2 rings (SSSR count). The largest absolute Gasteiger partial charge is 0.507 e. The van der Waals surface area contributed by atoms with E-state index < -0.39 is 0 Å². The summed E-state index contributed by atoms with van der Waals surface area (Å²) in [7, 11) is 0. The summed E-state index contributed by atoms with van der Waals surface area (Å²) in [5.41, 5.74) is 1.32. The number of phenols is 1. The molecule has 0 saturated carbocycles. The second kappa shape index (κ2) is 6.75. The lowest BCUT2D eigenvalue weighted by atomic mass is 9.88. The molecule has 2 atom stereocenters. The van der Waals surface area contributed by atoms with Gasteiger partial charge in [-0.2, -0.15) is 0 Å². The zero-order valence-corrected chi connectivity index (χ0v) is 12.3. The van der Waals surface area contributed by atoms with Crippen LogP contribution in [0.2, 0.25) is 0 Å². The summed E-state index contributed by atoms with van der Waals surface area (Å²) in [6, 6.07) is 5.42. The highest BCUT2D eigenvalue weighted by Gasteiger charge is 2.23. The first-order valence-electron chi connectivity index (χ1n) is 7.43. The van der Waals surface area contributed by atoms with Crippen molar-refractivity contribution in [1.82, 2.24) is 10.6 Å². The van der Waals surface area contributed by atoms with E-state index in [0.29, 0.717) is 24.1 Å². The third kappa shape index (κ3) is 3.51. The fraction of sp³-hybridized carbons (Fsp3) is 0.562. The Bertz CT molecular complexity index is 474. The fourth-order valence-electron chi connectivity index (χ4n) is 2.88. The van der Waals surface area contributed by atoms with Crippen molar-refractivity contribution < 1.29 is 9.90 Å². The van der Waals surface area contributed by atoms with Gasteiger partial charge in [-0.1, -0.05) is 25.0 Å². The number of aromatic hydroxyl groups is 1. The third-order valence-corrected chi connectivity index (χ3v) is 4.13. The van der Waals surface area contributed by atoms with Crippen molar-refractivity contribution >= 4 is 5.91 Å². The molecule has 3 N–H and O–H groups in total. The Morgan fingerprint density at radius 2 is 2.30 bits per heavy atom. The number of benzene rings is 1. The lowest BCUT2D eigenvalue weighted by Gasteiger charge is -2.32. The Kier molecular flexibility index (Phi) is 5.01. The second-order valence-electron chi connectivity index (χ2n) is 5.60. The second-order valence-corrected chi connectivity index (χ2v) is 5.60. The minimum Gasteiger partial charge on any atom is -0.507 e. The van der Waals surface area contributed by atoms with Gasteiger partial charge in [0.05, 0.1) is 5.56 Å². The van der Waals surface area contributed by atoms with Crippen molar-refractivity contribution in [3.63, 3.8) is 0 Å². The van der Waals surface area contributed by atoms with Gasteiger partial charge < -0.3 is 15.7 Å². The molecule has 1 saturated heterocycles. The van der Waals surface area contributed by atoms with Crippen LogP contribution in [0.3, 0.4) is 0 Å². The number of phenolic OH excluding ortho intramolecular Hbond substituents is 1. The minimum atomic E-state index is -0.201. The number of carbonyl (C=O) groups excluding carboxylic acids is 1. The molecule has 1 aromatic carbocycles. The van der Waals surface area contributed by atoms with Gasteiger partial charge in [0.1, 0.15) is 5.75 Å². The number of hydrogen-bond acceptors (Lipinski definition) is 3. The predicted molar refractivity (Wildman–Crippen MR) is 80.0 cm³/mol. The first-order valence-corrected chi connectivity index (χ1v) is 7.43. The normalized spacial score (nSPS) is 22.5. The van der Waals surface area contributed by atoms with Gasteiger partial charge in [-0.3, -0.25) is 4.79 Å². The quantitative estimate of drug-likeness (QED) is 0.790. The predicted octanol–water partition coefficient (Wildman–Crippen LogP) is 2.21. The number of aryl methyl sites for hydroxylation is 1. The third-order valence-electron chi connectivity index (χ3n) is 4.13. The van der Waals surface area contributed by atoms with E-state index in [-0.39, 0.29) is 11.7 Å². The number of hydrogen-bond donors (Lipinski definition) is 3. The summed E-state index contributed by atoms with van der Waals surface area (Å²) in [6.45, 7) is 5.74. The minimum absolute atomic E-state index is 0.0387. The van der Waals surface area contributed by atoms with E-state index in [1.807, 2.05) is 6.92 Å². The van der Waals surface area contributed by atoms with E-state index in [1.54, 1.807) is 18.2 Å². The number of piperidine rings is 1. The van der Waals surface area contributed by atoms with Gasteiger partial charge in [-0.25, -0.2) is 0 Å². The monoisotopic (exact) mass is 276 g/mol. The van der Waals surface area contributed by atoms with Crippen molar-refractivity contribution in [3.05, 3.63) is 29.3 Å². The molecule has 1 aliphatic heterocycles. The van der Waals surface area contributed by atoms with E-state index in [9.17, 15) is 9.90 Å².